The summed E-state index contributed by atoms with van der Waals surface area (Å²) in [6.07, 6.45) is 1.27. The van der Waals surface area contributed by atoms with Crippen molar-refractivity contribution in [3.63, 3.8) is 0 Å². The third-order valence-corrected chi connectivity index (χ3v) is 7.55. The van der Waals surface area contributed by atoms with Gasteiger partial charge in [0.2, 0.25) is 0 Å². The fraction of sp³-hybridized carbons (Fsp3) is 0.0769. The van der Waals surface area contributed by atoms with Crippen molar-refractivity contribution in [2.75, 3.05) is 10.8 Å². The Labute approximate surface area is 223 Å². The number of amides is 1. The van der Waals surface area contributed by atoms with E-state index >= 15 is 0 Å². The molecular formula is C26H20Cl2FN3O4S. The van der Waals surface area contributed by atoms with E-state index in [-0.39, 0.29) is 10.6 Å². The van der Waals surface area contributed by atoms with Crippen LogP contribution in [-0.2, 0) is 14.8 Å². The van der Waals surface area contributed by atoms with E-state index in [0.717, 1.165) is 22.0 Å². The predicted molar refractivity (Wildman–Crippen MR) is 142 cm³/mol. The molecular weight excluding hydrogens is 540 g/mol. The van der Waals surface area contributed by atoms with Crippen molar-refractivity contribution in [3.8, 4) is 11.3 Å². The normalized spacial score (nSPS) is 11.6. The molecule has 0 atom stereocenters. The van der Waals surface area contributed by atoms with Crippen molar-refractivity contribution in [2.24, 2.45) is 5.10 Å². The van der Waals surface area contributed by atoms with Crippen LogP contribution >= 0.6 is 23.2 Å². The van der Waals surface area contributed by atoms with Crippen LogP contribution in [-0.4, -0.2) is 27.1 Å². The van der Waals surface area contributed by atoms with Gasteiger partial charge in [0, 0.05) is 10.6 Å². The number of furan rings is 1. The topological polar surface area (TPSA) is 92.0 Å². The van der Waals surface area contributed by atoms with E-state index in [9.17, 15) is 17.6 Å². The molecule has 3 aromatic carbocycles. The second-order valence-electron chi connectivity index (χ2n) is 7.92. The second kappa shape index (κ2) is 11.2. The third-order valence-electron chi connectivity index (χ3n) is 5.22. The average molecular weight is 560 g/mol. The molecule has 1 amide bonds. The van der Waals surface area contributed by atoms with E-state index in [4.69, 9.17) is 27.6 Å². The molecule has 1 N–H and O–H groups in total. The Morgan fingerprint density at radius 2 is 1.73 bits per heavy atom. The molecule has 0 bridgehead atoms. The minimum absolute atomic E-state index is 0.0114. The van der Waals surface area contributed by atoms with Crippen molar-refractivity contribution >= 4 is 51.0 Å². The van der Waals surface area contributed by atoms with Crippen molar-refractivity contribution in [1.29, 1.82) is 0 Å². The molecule has 0 spiro atoms. The number of nitrogens with one attached hydrogen (secondary N) is 1. The summed E-state index contributed by atoms with van der Waals surface area (Å²) in [5.74, 6) is -0.461. The summed E-state index contributed by atoms with van der Waals surface area (Å²) in [7, 11) is -4.13. The monoisotopic (exact) mass is 559 g/mol. The van der Waals surface area contributed by atoms with Crippen molar-refractivity contribution in [2.45, 2.75) is 11.8 Å². The van der Waals surface area contributed by atoms with E-state index in [2.05, 4.69) is 10.5 Å². The first-order valence-electron chi connectivity index (χ1n) is 10.9. The van der Waals surface area contributed by atoms with Crippen LogP contribution in [0.15, 0.2) is 93.3 Å². The zero-order valence-electron chi connectivity index (χ0n) is 19.4. The van der Waals surface area contributed by atoms with Crippen LogP contribution in [0.5, 0.6) is 0 Å². The van der Waals surface area contributed by atoms with E-state index < -0.39 is 28.3 Å². The smallest absolute Gasteiger partial charge is 0.264 e. The molecule has 0 unspecified atom stereocenters. The van der Waals surface area contributed by atoms with Gasteiger partial charge in [0.15, 0.2) is 0 Å². The average Bonchev–Trinajstić information content (AvgIpc) is 3.32. The van der Waals surface area contributed by atoms with Gasteiger partial charge in [-0.2, -0.15) is 5.10 Å². The molecule has 0 fully saturated rings. The fourth-order valence-corrected chi connectivity index (χ4v) is 5.27. The van der Waals surface area contributed by atoms with Crippen molar-refractivity contribution < 1.29 is 22.0 Å². The van der Waals surface area contributed by atoms with Gasteiger partial charge < -0.3 is 4.42 Å². The molecule has 0 aliphatic carbocycles. The highest BCUT2D eigenvalue weighted by Crippen LogP contribution is 2.31. The molecule has 190 valence electrons. The zero-order chi connectivity index (χ0) is 26.6. The van der Waals surface area contributed by atoms with Gasteiger partial charge in [-0.1, -0.05) is 40.9 Å². The minimum Gasteiger partial charge on any atom is -0.455 e. The molecule has 0 saturated carbocycles. The highest BCUT2D eigenvalue weighted by molar-refractivity contribution is 7.92. The fourth-order valence-electron chi connectivity index (χ4n) is 3.35. The van der Waals surface area contributed by atoms with Crippen LogP contribution in [0.2, 0.25) is 10.0 Å². The van der Waals surface area contributed by atoms with E-state index in [1.165, 1.54) is 30.5 Å². The lowest BCUT2D eigenvalue weighted by molar-refractivity contribution is -0.119. The molecule has 0 radical (unpaired) electrons. The SMILES string of the molecule is Cc1ccc(S(=O)(=O)N(CC(=O)NN=Cc2ccc(-c3ccc(Cl)cc3Cl)o2)c2ccc(F)cc2)cc1. The summed E-state index contributed by atoms with van der Waals surface area (Å²) in [5.41, 5.74) is 3.92. The Bertz CT molecular complexity index is 1550. The van der Waals surface area contributed by atoms with Gasteiger partial charge in [-0.3, -0.25) is 9.10 Å². The van der Waals surface area contributed by atoms with Crippen LogP contribution < -0.4 is 9.73 Å². The Balaban J connectivity index is 1.50. The Morgan fingerprint density at radius 3 is 2.41 bits per heavy atom. The number of rotatable bonds is 8. The lowest BCUT2D eigenvalue weighted by Crippen LogP contribution is -2.39. The molecule has 37 heavy (non-hydrogen) atoms. The van der Waals surface area contributed by atoms with Gasteiger partial charge >= 0.3 is 0 Å². The predicted octanol–water partition coefficient (Wildman–Crippen LogP) is 6.05. The highest BCUT2D eigenvalue weighted by Gasteiger charge is 2.27. The summed E-state index contributed by atoms with van der Waals surface area (Å²) in [4.78, 5) is 12.6. The Morgan fingerprint density at radius 1 is 1.03 bits per heavy atom. The summed E-state index contributed by atoms with van der Waals surface area (Å²) in [6, 6.07) is 19.3. The molecule has 0 saturated heterocycles. The van der Waals surface area contributed by atoms with Crippen LogP contribution in [0.3, 0.4) is 0 Å². The Kier molecular flexibility index (Phi) is 7.97. The quantitative estimate of drug-likeness (QED) is 0.210. The molecule has 11 heteroatoms. The second-order valence-corrected chi connectivity index (χ2v) is 10.6. The Hall–Kier alpha value is -3.66. The lowest BCUT2D eigenvalue weighted by Gasteiger charge is -2.23. The lowest BCUT2D eigenvalue weighted by atomic mass is 10.2. The van der Waals surface area contributed by atoms with Gasteiger partial charge in [-0.25, -0.2) is 18.2 Å². The van der Waals surface area contributed by atoms with Gasteiger partial charge in [-0.15, -0.1) is 0 Å². The van der Waals surface area contributed by atoms with Crippen molar-refractivity contribution in [3.05, 3.63) is 106 Å². The summed E-state index contributed by atoms with van der Waals surface area (Å²) in [5, 5.41) is 4.76. The third kappa shape index (κ3) is 6.37. The number of hydrogen-bond acceptors (Lipinski definition) is 5. The largest absolute Gasteiger partial charge is 0.455 e. The number of anilines is 1. The maximum Gasteiger partial charge on any atom is 0.264 e. The van der Waals surface area contributed by atoms with Gasteiger partial charge in [0.1, 0.15) is 23.9 Å². The van der Waals surface area contributed by atoms with Crippen molar-refractivity contribution in [1.82, 2.24) is 5.43 Å². The number of hydrazone groups is 1. The van der Waals surface area contributed by atoms with E-state index in [0.29, 0.717) is 27.1 Å². The molecule has 1 aromatic heterocycles. The number of sulfonamides is 1. The molecule has 4 rings (SSSR count). The first-order chi connectivity index (χ1) is 17.6. The molecule has 0 aliphatic heterocycles. The number of halogens is 3. The summed E-state index contributed by atoms with van der Waals surface area (Å²) >= 11 is 12.1. The highest BCUT2D eigenvalue weighted by atomic mass is 35.5. The van der Waals surface area contributed by atoms with Crippen LogP contribution in [0.4, 0.5) is 10.1 Å². The van der Waals surface area contributed by atoms with E-state index in [1.54, 1.807) is 42.5 Å². The number of aryl methyl sites for hydroxylation is 1. The first-order valence-corrected chi connectivity index (χ1v) is 13.1. The number of benzene rings is 3. The minimum atomic E-state index is -4.13. The maximum atomic E-state index is 13.5. The molecule has 0 aliphatic rings. The van der Waals surface area contributed by atoms with Gasteiger partial charge in [0.05, 0.1) is 21.8 Å². The van der Waals surface area contributed by atoms with Gasteiger partial charge in [-0.05, 0) is 73.7 Å². The van der Waals surface area contributed by atoms with Crippen LogP contribution in [0, 0.1) is 12.7 Å². The number of hydrogen-bond donors (Lipinski definition) is 1. The van der Waals surface area contributed by atoms with E-state index in [1.807, 2.05) is 6.92 Å². The molecule has 1 heterocycles. The molecule has 4 aromatic rings. The standard InChI is InChI=1S/C26H20Cl2FN3O4S/c1-17-2-10-22(11-3-17)37(34,35)32(20-7-5-19(29)6-8-20)16-26(33)31-30-15-21-9-13-25(36-21)23-12-4-18(27)14-24(23)28/h2-15H,16H2,1H3,(H,31,33). The first kappa shape index (κ1) is 26.4. The zero-order valence-corrected chi connectivity index (χ0v) is 21.7. The van der Waals surface area contributed by atoms with Crippen LogP contribution in [0.1, 0.15) is 11.3 Å². The maximum absolute atomic E-state index is 13.5. The number of carbonyl (C=O) groups is 1. The molecule has 7 nitrogen and oxygen atoms in total. The van der Waals surface area contributed by atoms with Gasteiger partial charge in [0.25, 0.3) is 15.9 Å². The number of carbonyl (C=O) groups excluding carboxylic acids is 1. The van der Waals surface area contributed by atoms with Crippen LogP contribution in [0.25, 0.3) is 11.3 Å². The summed E-state index contributed by atoms with van der Waals surface area (Å²) in [6.45, 7) is 1.23. The number of nitrogens with zero attached hydrogens (tertiary/aromatic N) is 2. The summed E-state index contributed by atoms with van der Waals surface area (Å²) < 4.78 is 46.7.